The van der Waals surface area contributed by atoms with E-state index in [-0.39, 0.29) is 23.6 Å². The normalized spacial score (nSPS) is 15.0. The number of carbonyl (C=O) groups is 1. The Hall–Kier alpha value is -2.29. The Labute approximate surface area is 192 Å². The number of nitrogens with one attached hydrogen (secondary N) is 2. The number of aryl methyl sites for hydroxylation is 2. The summed E-state index contributed by atoms with van der Waals surface area (Å²) < 4.78 is 19.5. The highest BCUT2D eigenvalue weighted by Crippen LogP contribution is 2.21. The van der Waals surface area contributed by atoms with Gasteiger partial charge >= 0.3 is 5.97 Å². The van der Waals surface area contributed by atoms with Gasteiger partial charge in [-0.1, -0.05) is 24.6 Å². The van der Waals surface area contributed by atoms with E-state index in [1.165, 1.54) is 11.8 Å². The molecule has 2 aromatic rings. The summed E-state index contributed by atoms with van der Waals surface area (Å²) in [5, 5.41) is 15.8. The van der Waals surface area contributed by atoms with Gasteiger partial charge in [-0.05, 0) is 49.7 Å². The van der Waals surface area contributed by atoms with Gasteiger partial charge in [0.05, 0.1) is 11.2 Å². The fourth-order valence-corrected chi connectivity index (χ4v) is 3.83. The summed E-state index contributed by atoms with van der Waals surface area (Å²) in [5.41, 5.74) is 2.56. The lowest BCUT2D eigenvalue weighted by Gasteiger charge is -2.18. The molecule has 1 aliphatic rings. The number of aromatic nitrogens is 2. The van der Waals surface area contributed by atoms with Gasteiger partial charge in [0.2, 0.25) is 0 Å². The van der Waals surface area contributed by atoms with Crippen LogP contribution in [0.15, 0.2) is 24.5 Å². The fourth-order valence-electron chi connectivity index (χ4n) is 3.62. The van der Waals surface area contributed by atoms with Gasteiger partial charge < -0.3 is 20.5 Å². The van der Waals surface area contributed by atoms with Crippen LogP contribution in [0.4, 0.5) is 10.2 Å². The fraction of sp³-hybridized carbons (Fsp3) is 0.522. The molecular formula is C23H30ClFN4O3. The lowest BCUT2D eigenvalue weighted by molar-refractivity contribution is -0.140. The zero-order chi connectivity index (χ0) is 22.9. The molecule has 1 aliphatic heterocycles. The van der Waals surface area contributed by atoms with E-state index in [0.717, 1.165) is 49.9 Å². The lowest BCUT2D eigenvalue weighted by atomic mass is 10.0. The van der Waals surface area contributed by atoms with Gasteiger partial charge in [-0.2, -0.15) is 0 Å². The van der Waals surface area contributed by atoms with Crippen molar-refractivity contribution in [1.29, 1.82) is 0 Å². The Morgan fingerprint density at radius 2 is 2.22 bits per heavy atom. The van der Waals surface area contributed by atoms with Gasteiger partial charge in [0.15, 0.2) is 0 Å². The first-order chi connectivity index (χ1) is 15.4. The Bertz CT molecular complexity index is 895. The van der Waals surface area contributed by atoms with Gasteiger partial charge in [-0.3, -0.25) is 9.78 Å². The number of carboxylic acid groups (broad SMARTS) is 1. The Morgan fingerprint density at radius 3 is 3.00 bits per heavy atom. The van der Waals surface area contributed by atoms with Crippen molar-refractivity contribution in [3.63, 3.8) is 0 Å². The molecule has 0 saturated carbocycles. The minimum atomic E-state index is -1.01. The molecule has 0 saturated heterocycles. The molecule has 0 bridgehead atoms. The first-order valence-corrected chi connectivity index (χ1v) is 11.4. The van der Waals surface area contributed by atoms with Crippen LogP contribution in [-0.4, -0.2) is 46.8 Å². The van der Waals surface area contributed by atoms with Gasteiger partial charge in [-0.25, -0.2) is 9.37 Å². The molecule has 1 unspecified atom stereocenters. The molecule has 3 heterocycles. The van der Waals surface area contributed by atoms with Crippen LogP contribution < -0.4 is 10.6 Å². The SMILES string of the molecule is CC(CCc1ccc2c(n1)NCCC2)COCC[C@H](NCc1c(F)cncc1Cl)C(=O)O. The highest BCUT2D eigenvalue weighted by molar-refractivity contribution is 6.31. The summed E-state index contributed by atoms with van der Waals surface area (Å²) in [7, 11) is 0. The van der Waals surface area contributed by atoms with E-state index in [4.69, 9.17) is 21.3 Å². The zero-order valence-corrected chi connectivity index (χ0v) is 19.0. The molecule has 2 aromatic heterocycles. The van der Waals surface area contributed by atoms with Crippen LogP contribution in [0.25, 0.3) is 0 Å². The van der Waals surface area contributed by atoms with E-state index in [2.05, 4.69) is 34.7 Å². The van der Waals surface area contributed by atoms with Crippen molar-refractivity contribution in [2.24, 2.45) is 5.92 Å². The molecule has 7 nitrogen and oxygen atoms in total. The maximum absolute atomic E-state index is 13.8. The van der Waals surface area contributed by atoms with E-state index in [0.29, 0.717) is 19.1 Å². The van der Waals surface area contributed by atoms with Crippen molar-refractivity contribution in [3.05, 3.63) is 52.2 Å². The summed E-state index contributed by atoms with van der Waals surface area (Å²) in [6.07, 6.45) is 6.69. The van der Waals surface area contributed by atoms with Gasteiger partial charge in [-0.15, -0.1) is 0 Å². The Morgan fingerprint density at radius 1 is 1.38 bits per heavy atom. The molecule has 0 fully saturated rings. The summed E-state index contributed by atoms with van der Waals surface area (Å²) in [4.78, 5) is 19.9. The van der Waals surface area contributed by atoms with Gasteiger partial charge in [0, 0.05) is 43.8 Å². The summed E-state index contributed by atoms with van der Waals surface area (Å²) in [6.45, 7) is 3.92. The topological polar surface area (TPSA) is 96.4 Å². The van der Waals surface area contributed by atoms with Crippen molar-refractivity contribution in [1.82, 2.24) is 15.3 Å². The number of nitrogens with zero attached hydrogens (tertiary/aromatic N) is 2. The van der Waals surface area contributed by atoms with Crippen LogP contribution in [-0.2, 0) is 28.9 Å². The Kier molecular flexibility index (Phi) is 9.20. The molecule has 174 valence electrons. The number of hydrogen-bond acceptors (Lipinski definition) is 6. The van der Waals surface area contributed by atoms with Crippen molar-refractivity contribution >= 4 is 23.4 Å². The summed E-state index contributed by atoms with van der Waals surface area (Å²) >= 11 is 5.94. The van der Waals surface area contributed by atoms with E-state index in [1.54, 1.807) is 0 Å². The molecule has 3 N–H and O–H groups in total. The number of pyridine rings is 2. The predicted octanol–water partition coefficient (Wildman–Crippen LogP) is 3.85. The molecular weight excluding hydrogens is 435 g/mol. The first-order valence-electron chi connectivity index (χ1n) is 11.0. The zero-order valence-electron chi connectivity index (χ0n) is 18.2. The van der Waals surface area contributed by atoms with Crippen molar-refractivity contribution in [2.75, 3.05) is 25.1 Å². The van der Waals surface area contributed by atoms with E-state index in [9.17, 15) is 14.3 Å². The number of halogens is 2. The van der Waals surface area contributed by atoms with Crippen LogP contribution in [0.3, 0.4) is 0 Å². The summed E-state index contributed by atoms with van der Waals surface area (Å²) in [6, 6.07) is 3.40. The predicted molar refractivity (Wildman–Crippen MR) is 121 cm³/mol. The minimum absolute atomic E-state index is 0.00317. The number of carboxylic acids is 1. The number of rotatable bonds is 12. The monoisotopic (exact) mass is 464 g/mol. The molecule has 32 heavy (non-hydrogen) atoms. The van der Waals surface area contributed by atoms with Gasteiger partial charge in [0.1, 0.15) is 17.7 Å². The molecule has 2 atom stereocenters. The number of ether oxygens (including phenoxy) is 1. The smallest absolute Gasteiger partial charge is 0.320 e. The standard InChI is InChI=1S/C23H30ClFN4O3/c1-15(4-6-17-7-5-16-3-2-9-27-22(16)29-17)14-32-10-8-21(23(30)31)28-11-18-19(24)12-26-13-20(18)25/h5,7,12-13,15,21,28H,2-4,6,8-11,14H2,1H3,(H,27,29)(H,30,31)/t15?,21-/m0/s1. The van der Waals surface area contributed by atoms with E-state index >= 15 is 0 Å². The molecule has 0 amide bonds. The van der Waals surface area contributed by atoms with E-state index in [1.807, 2.05) is 0 Å². The second kappa shape index (κ2) is 12.1. The highest BCUT2D eigenvalue weighted by Gasteiger charge is 2.19. The number of hydrogen-bond donors (Lipinski definition) is 3. The molecule has 3 rings (SSSR count). The van der Waals surface area contributed by atoms with Crippen LogP contribution in [0, 0.1) is 11.7 Å². The quantitative estimate of drug-likeness (QED) is 0.410. The second-order valence-corrected chi connectivity index (χ2v) is 8.61. The lowest BCUT2D eigenvalue weighted by Crippen LogP contribution is -2.37. The van der Waals surface area contributed by atoms with Crippen LogP contribution in [0.2, 0.25) is 5.02 Å². The maximum Gasteiger partial charge on any atom is 0.320 e. The third kappa shape index (κ3) is 7.12. The van der Waals surface area contributed by atoms with Crippen molar-refractivity contribution < 1.29 is 19.0 Å². The minimum Gasteiger partial charge on any atom is -0.480 e. The maximum atomic E-state index is 13.8. The second-order valence-electron chi connectivity index (χ2n) is 8.20. The third-order valence-corrected chi connectivity index (χ3v) is 5.90. The molecule has 0 radical (unpaired) electrons. The highest BCUT2D eigenvalue weighted by atomic mass is 35.5. The van der Waals surface area contributed by atoms with Crippen LogP contribution in [0.5, 0.6) is 0 Å². The largest absolute Gasteiger partial charge is 0.480 e. The third-order valence-electron chi connectivity index (χ3n) is 5.57. The van der Waals surface area contributed by atoms with E-state index < -0.39 is 17.8 Å². The Balaban J connectivity index is 1.36. The molecule has 0 aliphatic carbocycles. The molecule has 0 aromatic carbocycles. The average molecular weight is 465 g/mol. The number of fused-ring (bicyclic) bond motifs is 1. The van der Waals surface area contributed by atoms with Crippen LogP contribution >= 0.6 is 11.6 Å². The molecule has 0 spiro atoms. The number of aliphatic carboxylic acids is 1. The van der Waals surface area contributed by atoms with Crippen molar-refractivity contribution in [3.8, 4) is 0 Å². The van der Waals surface area contributed by atoms with Crippen molar-refractivity contribution in [2.45, 2.75) is 51.6 Å². The van der Waals surface area contributed by atoms with Crippen LogP contribution in [0.1, 0.15) is 43.0 Å². The first kappa shape index (κ1) is 24.4. The number of anilines is 1. The average Bonchev–Trinajstić information content (AvgIpc) is 2.78. The summed E-state index contributed by atoms with van der Waals surface area (Å²) in [5.74, 6) is -0.248. The molecule has 9 heteroatoms. The van der Waals surface area contributed by atoms with Gasteiger partial charge in [0.25, 0.3) is 0 Å².